The maximum atomic E-state index is 4.47. The first-order valence-electron chi connectivity index (χ1n) is 2.48. The molecule has 0 radical (unpaired) electrons. The molecule has 0 N–H and O–H groups in total. The van der Waals surface area contributed by atoms with Gasteiger partial charge < -0.3 is 23.2 Å². The first kappa shape index (κ1) is 16.7. The Morgan fingerprint density at radius 3 is 2.00 bits per heavy atom. The minimum atomic E-state index is 0. The molecule has 0 saturated heterocycles. The van der Waals surface area contributed by atoms with Crippen molar-refractivity contribution in [2.45, 2.75) is 13.8 Å². The van der Waals surface area contributed by atoms with Crippen molar-refractivity contribution in [3.05, 3.63) is 25.3 Å². The standard InChI is InChI=1S/C3H3NO.C3H7.ClH.Mg/c1-2-5-3-4-1;1-3-2;;/h1-3H;3H,1-2H3;1H;/q;-1;;+2/p-1. The van der Waals surface area contributed by atoms with Crippen molar-refractivity contribution in [3.8, 4) is 0 Å². The third kappa shape index (κ3) is 15.7. The van der Waals surface area contributed by atoms with Gasteiger partial charge in [-0.2, -0.15) is 13.8 Å². The van der Waals surface area contributed by atoms with Crippen LogP contribution in [0.1, 0.15) is 13.8 Å². The van der Waals surface area contributed by atoms with Gasteiger partial charge in [-0.15, -0.1) is 0 Å². The van der Waals surface area contributed by atoms with Gasteiger partial charge in [0, 0.05) is 0 Å². The molecule has 0 aliphatic carbocycles. The minimum Gasteiger partial charge on any atom is -1.00 e. The van der Waals surface area contributed by atoms with Gasteiger partial charge in [0.1, 0.15) is 6.26 Å². The third-order valence-electron chi connectivity index (χ3n) is 0.347. The molecule has 1 heterocycles. The normalized spacial score (nSPS) is 5.80. The zero-order chi connectivity index (χ0) is 6.24. The predicted molar refractivity (Wildman–Crippen MR) is 37.9 cm³/mol. The van der Waals surface area contributed by atoms with Crippen LogP contribution in [0.2, 0.25) is 0 Å². The first-order valence-corrected chi connectivity index (χ1v) is 2.48. The fraction of sp³-hybridized carbons (Fsp3) is 0.333. The molecule has 0 aliphatic rings. The number of hydrogen-bond acceptors (Lipinski definition) is 2. The molecule has 10 heavy (non-hydrogen) atoms. The van der Waals surface area contributed by atoms with Gasteiger partial charge in [0.15, 0.2) is 6.39 Å². The van der Waals surface area contributed by atoms with E-state index in [1.54, 1.807) is 6.20 Å². The Hall–Kier alpha value is 0.266. The van der Waals surface area contributed by atoms with Crippen molar-refractivity contribution in [1.82, 2.24) is 4.98 Å². The Balaban J connectivity index is -0.0000000900. The van der Waals surface area contributed by atoms with Crippen molar-refractivity contribution in [2.24, 2.45) is 0 Å². The van der Waals surface area contributed by atoms with Crippen LogP contribution in [-0.2, 0) is 0 Å². The predicted octanol–water partition coefficient (Wildman–Crippen LogP) is -1.47. The topological polar surface area (TPSA) is 26.0 Å². The molecule has 1 rings (SSSR count). The molecule has 0 atom stereocenters. The Morgan fingerprint density at radius 1 is 1.40 bits per heavy atom. The molecule has 4 heteroatoms. The van der Waals surface area contributed by atoms with E-state index in [0.29, 0.717) is 0 Å². The van der Waals surface area contributed by atoms with Crippen molar-refractivity contribution < 1.29 is 16.8 Å². The zero-order valence-electron chi connectivity index (χ0n) is 6.25. The molecule has 0 saturated carbocycles. The van der Waals surface area contributed by atoms with Crippen LogP contribution in [-0.4, -0.2) is 28.0 Å². The van der Waals surface area contributed by atoms with E-state index in [-0.39, 0.29) is 35.5 Å². The van der Waals surface area contributed by atoms with Crippen LogP contribution in [0.15, 0.2) is 23.3 Å². The second kappa shape index (κ2) is 16.1. The number of aromatic nitrogens is 1. The minimum absolute atomic E-state index is 0. The average molecular weight is 172 g/mol. The van der Waals surface area contributed by atoms with Crippen LogP contribution in [0.4, 0.5) is 0 Å². The molecule has 0 spiro atoms. The molecule has 1 aromatic rings. The second-order valence-corrected chi connectivity index (χ2v) is 1.25. The Labute approximate surface area is 84.0 Å². The van der Waals surface area contributed by atoms with Crippen molar-refractivity contribution >= 4 is 23.1 Å². The molecule has 0 bridgehead atoms. The van der Waals surface area contributed by atoms with E-state index in [1.807, 2.05) is 20.3 Å². The van der Waals surface area contributed by atoms with Crippen LogP contribution in [0.25, 0.3) is 0 Å². The van der Waals surface area contributed by atoms with E-state index in [2.05, 4.69) is 9.40 Å². The van der Waals surface area contributed by atoms with E-state index in [4.69, 9.17) is 0 Å². The summed E-state index contributed by atoms with van der Waals surface area (Å²) in [6.45, 7) is 4.00. The van der Waals surface area contributed by atoms with Crippen molar-refractivity contribution in [3.63, 3.8) is 0 Å². The summed E-state index contributed by atoms with van der Waals surface area (Å²) in [5, 5.41) is 0. The van der Waals surface area contributed by atoms with E-state index in [1.165, 1.54) is 12.7 Å². The molecule has 0 aromatic carbocycles. The number of oxazole rings is 1. The molecule has 54 valence electrons. The van der Waals surface area contributed by atoms with Gasteiger partial charge in [-0.05, 0) is 0 Å². The molecule has 2 nitrogen and oxygen atoms in total. The fourth-order valence-corrected chi connectivity index (χ4v) is 0.176. The van der Waals surface area contributed by atoms with Crippen LogP contribution in [0.5, 0.6) is 0 Å². The number of hydrogen-bond donors (Lipinski definition) is 0. The van der Waals surface area contributed by atoms with Crippen LogP contribution in [0.3, 0.4) is 0 Å². The van der Waals surface area contributed by atoms with Gasteiger partial charge >= 0.3 is 23.1 Å². The van der Waals surface area contributed by atoms with Crippen LogP contribution in [0, 0.1) is 6.42 Å². The molecular weight excluding hydrogens is 162 g/mol. The van der Waals surface area contributed by atoms with Gasteiger partial charge in [-0.3, -0.25) is 0 Å². The summed E-state index contributed by atoms with van der Waals surface area (Å²) in [7, 11) is 0. The van der Waals surface area contributed by atoms with Gasteiger partial charge in [0.2, 0.25) is 0 Å². The summed E-state index contributed by atoms with van der Waals surface area (Å²) in [5.41, 5.74) is 0. The van der Waals surface area contributed by atoms with Gasteiger partial charge in [0.05, 0.1) is 6.20 Å². The summed E-state index contributed by atoms with van der Waals surface area (Å²) in [4.78, 5) is 3.56. The maximum absolute atomic E-state index is 4.47. The molecule has 0 amide bonds. The third-order valence-corrected chi connectivity index (χ3v) is 0.347. The quantitative estimate of drug-likeness (QED) is 0.352. The summed E-state index contributed by atoms with van der Waals surface area (Å²) in [5.74, 6) is 0. The molecule has 0 unspecified atom stereocenters. The summed E-state index contributed by atoms with van der Waals surface area (Å²) < 4.78 is 4.47. The summed E-state index contributed by atoms with van der Waals surface area (Å²) in [6, 6.07) is 0. The number of nitrogens with zero attached hydrogens (tertiary/aromatic N) is 1. The molecule has 1 aromatic heterocycles. The maximum Gasteiger partial charge on any atom is 2.00 e. The molecular formula is C6H10ClMgNO. The smallest absolute Gasteiger partial charge is 1.00 e. The van der Waals surface area contributed by atoms with Crippen molar-refractivity contribution in [2.75, 3.05) is 0 Å². The molecule has 0 aliphatic heterocycles. The van der Waals surface area contributed by atoms with E-state index < -0.39 is 0 Å². The Bertz CT molecular complexity index is 84.6. The fourth-order valence-electron chi connectivity index (χ4n) is 0.176. The van der Waals surface area contributed by atoms with Crippen LogP contribution < -0.4 is 12.4 Å². The van der Waals surface area contributed by atoms with Gasteiger partial charge in [-0.1, -0.05) is 0 Å². The van der Waals surface area contributed by atoms with Crippen molar-refractivity contribution in [1.29, 1.82) is 0 Å². The van der Waals surface area contributed by atoms with E-state index in [0.717, 1.165) is 0 Å². The number of halogens is 1. The summed E-state index contributed by atoms with van der Waals surface area (Å²) >= 11 is 0. The summed E-state index contributed by atoms with van der Waals surface area (Å²) in [6.07, 6.45) is 6.47. The van der Waals surface area contributed by atoms with Gasteiger partial charge in [0.25, 0.3) is 0 Å². The SMILES string of the molecule is C[CH-]C.[Cl-].[Mg+2].c1cocn1. The Morgan fingerprint density at radius 2 is 1.90 bits per heavy atom. The van der Waals surface area contributed by atoms with E-state index >= 15 is 0 Å². The monoisotopic (exact) mass is 171 g/mol. The largest absolute Gasteiger partial charge is 2.00 e. The number of rotatable bonds is 0. The first-order chi connectivity index (χ1) is 3.91. The van der Waals surface area contributed by atoms with Gasteiger partial charge in [-0.25, -0.2) is 4.98 Å². The van der Waals surface area contributed by atoms with Crippen LogP contribution >= 0.6 is 0 Å². The zero-order valence-corrected chi connectivity index (χ0v) is 8.42. The molecule has 0 fully saturated rings. The Kier molecular flexibility index (Phi) is 26.9. The van der Waals surface area contributed by atoms with E-state index in [9.17, 15) is 0 Å². The second-order valence-electron chi connectivity index (χ2n) is 1.25. The average Bonchev–Trinajstić information content (AvgIpc) is 2.17.